The van der Waals surface area contributed by atoms with E-state index >= 15 is 0 Å². The molecule has 0 radical (unpaired) electrons. The molecule has 0 saturated carbocycles. The van der Waals surface area contributed by atoms with Crippen LogP contribution in [0.2, 0.25) is 0 Å². The Bertz CT molecular complexity index is 1200. The quantitative estimate of drug-likeness (QED) is 0.494. The number of pyridine rings is 1. The summed E-state index contributed by atoms with van der Waals surface area (Å²) in [6.07, 6.45) is 5.62. The van der Waals surface area contributed by atoms with Gasteiger partial charge in [0.05, 0.1) is 6.17 Å². The zero-order chi connectivity index (χ0) is 24.6. The highest BCUT2D eigenvalue weighted by atomic mass is 16.6. The molecule has 1 N–H and O–H groups in total. The molecule has 35 heavy (non-hydrogen) atoms. The third-order valence-corrected chi connectivity index (χ3v) is 7.64. The van der Waals surface area contributed by atoms with E-state index in [0.717, 1.165) is 31.6 Å². The monoisotopic (exact) mass is 470 g/mol. The number of nitrogens with zero attached hydrogens (tertiary/aromatic N) is 3. The first-order chi connectivity index (χ1) is 16.8. The molecule has 2 atom stereocenters. The van der Waals surface area contributed by atoms with Crippen LogP contribution in [0, 0.1) is 0 Å². The van der Waals surface area contributed by atoms with Gasteiger partial charge in [-0.3, -0.25) is 15.2 Å². The lowest BCUT2D eigenvalue weighted by molar-refractivity contribution is 0.215. The van der Waals surface area contributed by atoms with Crippen molar-refractivity contribution in [2.24, 2.45) is 0 Å². The molecule has 2 aromatic carbocycles. The highest BCUT2D eigenvalue weighted by Gasteiger charge is 2.53. The summed E-state index contributed by atoms with van der Waals surface area (Å²) in [6, 6.07) is 18.1. The van der Waals surface area contributed by atoms with Crippen molar-refractivity contribution in [1.82, 2.24) is 9.88 Å². The summed E-state index contributed by atoms with van der Waals surface area (Å²) in [6.45, 7) is 8.69. The second-order valence-corrected chi connectivity index (χ2v) is 10.3. The molecule has 0 unspecified atom stereocenters. The maximum absolute atomic E-state index is 12.6. The van der Waals surface area contributed by atoms with Gasteiger partial charge in [-0.15, -0.1) is 0 Å². The van der Waals surface area contributed by atoms with Crippen LogP contribution in [0.5, 0.6) is 5.75 Å². The maximum Gasteiger partial charge on any atom is 0.417 e. The van der Waals surface area contributed by atoms with Crippen LogP contribution in [0.15, 0.2) is 67.0 Å². The molecular formula is C29H34N4O2. The summed E-state index contributed by atoms with van der Waals surface area (Å²) in [5, 5.41) is 2.84. The number of ether oxygens (including phenoxy) is 1. The topological polar surface area (TPSA) is 57.7 Å². The van der Waals surface area contributed by atoms with Crippen LogP contribution in [0.1, 0.15) is 49.8 Å². The summed E-state index contributed by atoms with van der Waals surface area (Å²) < 4.78 is 5.69. The number of likely N-dealkylation sites (N-methyl/N-ethyl adjacent to an activating group) is 1. The molecule has 1 aromatic heterocycles. The minimum absolute atomic E-state index is 0.00908. The molecule has 0 spiro atoms. The molecule has 5 rings (SSSR count). The molecule has 3 aromatic rings. The lowest BCUT2D eigenvalue weighted by Gasteiger charge is -2.34. The first-order valence-electron chi connectivity index (χ1n) is 12.4. The van der Waals surface area contributed by atoms with E-state index in [1.165, 1.54) is 22.4 Å². The lowest BCUT2D eigenvalue weighted by Crippen LogP contribution is -2.47. The van der Waals surface area contributed by atoms with Crippen molar-refractivity contribution >= 4 is 17.5 Å². The third-order valence-electron chi connectivity index (χ3n) is 7.64. The number of amides is 1. The van der Waals surface area contributed by atoms with E-state index < -0.39 is 6.09 Å². The summed E-state index contributed by atoms with van der Waals surface area (Å²) in [5.41, 5.74) is 5.73. The van der Waals surface area contributed by atoms with Crippen LogP contribution in [0.25, 0.3) is 0 Å². The van der Waals surface area contributed by atoms with Gasteiger partial charge >= 0.3 is 6.09 Å². The molecule has 0 aliphatic carbocycles. The number of carbonyl (C=O) groups excluding carboxylic acids is 1. The van der Waals surface area contributed by atoms with Crippen molar-refractivity contribution < 1.29 is 9.53 Å². The Labute approximate surface area is 207 Å². The zero-order valence-corrected chi connectivity index (χ0v) is 21.0. The zero-order valence-electron chi connectivity index (χ0n) is 21.0. The second kappa shape index (κ2) is 9.34. The fraction of sp³-hybridized carbons (Fsp3) is 0.379. The molecule has 6 heteroatoms. The normalized spacial score (nSPS) is 21.2. The third kappa shape index (κ3) is 4.50. The molecule has 1 fully saturated rings. The number of nitrogens with one attached hydrogen (secondary N) is 1. The molecule has 1 saturated heterocycles. The van der Waals surface area contributed by atoms with Crippen molar-refractivity contribution in [3.8, 4) is 5.75 Å². The standard InChI is InChI=1S/C29H34N4O2/c1-20(2)22-5-7-23(8-6-22)31-28(34)35-24-9-10-26-25(19-24)29(3)14-18-33(27(29)32(26)4)17-13-21-11-15-30-16-12-21/h5-12,15-16,19-20,27H,13-14,17-18H2,1-4H3,(H,31,34)/t27-,29-/m0/s1. The van der Waals surface area contributed by atoms with Crippen LogP contribution in [0.3, 0.4) is 0 Å². The van der Waals surface area contributed by atoms with Gasteiger partial charge in [0.25, 0.3) is 0 Å². The largest absolute Gasteiger partial charge is 0.417 e. The van der Waals surface area contributed by atoms with Crippen LogP contribution in [0.4, 0.5) is 16.2 Å². The molecular weight excluding hydrogens is 436 g/mol. The van der Waals surface area contributed by atoms with Gasteiger partial charge in [-0.2, -0.15) is 0 Å². The highest BCUT2D eigenvalue weighted by molar-refractivity contribution is 5.86. The van der Waals surface area contributed by atoms with Crippen molar-refractivity contribution in [1.29, 1.82) is 0 Å². The fourth-order valence-corrected chi connectivity index (χ4v) is 5.71. The van der Waals surface area contributed by atoms with Crippen molar-refractivity contribution in [2.75, 3.05) is 30.4 Å². The summed E-state index contributed by atoms with van der Waals surface area (Å²) in [4.78, 5) is 21.7. The van der Waals surface area contributed by atoms with E-state index in [2.05, 4.69) is 72.2 Å². The number of carbonyl (C=O) groups is 1. The minimum atomic E-state index is -0.472. The molecule has 1 amide bonds. The van der Waals surface area contributed by atoms with Crippen LogP contribution in [-0.2, 0) is 11.8 Å². The molecule has 6 nitrogen and oxygen atoms in total. The molecule has 182 valence electrons. The smallest absolute Gasteiger partial charge is 0.410 e. The predicted octanol–water partition coefficient (Wildman–Crippen LogP) is 5.80. The molecule has 0 bridgehead atoms. The predicted molar refractivity (Wildman–Crippen MR) is 140 cm³/mol. The highest BCUT2D eigenvalue weighted by Crippen LogP contribution is 2.52. The van der Waals surface area contributed by atoms with Gasteiger partial charge in [-0.05, 0) is 77.9 Å². The molecule has 2 aliphatic heterocycles. The Kier molecular flexibility index (Phi) is 6.24. The van der Waals surface area contributed by atoms with Crippen LogP contribution in [-0.4, -0.2) is 42.3 Å². The number of aromatic nitrogens is 1. The summed E-state index contributed by atoms with van der Waals surface area (Å²) >= 11 is 0. The number of fused-ring (bicyclic) bond motifs is 3. The van der Waals surface area contributed by atoms with E-state index in [4.69, 9.17) is 4.74 Å². The average Bonchev–Trinajstić information content (AvgIpc) is 3.30. The van der Waals surface area contributed by atoms with Crippen molar-refractivity contribution in [3.63, 3.8) is 0 Å². The molecule has 2 aliphatic rings. The van der Waals surface area contributed by atoms with Gasteiger partial charge in [0.1, 0.15) is 5.75 Å². The van der Waals surface area contributed by atoms with E-state index in [0.29, 0.717) is 17.8 Å². The number of likely N-dealkylation sites (tertiary alicyclic amines) is 1. The summed E-state index contributed by atoms with van der Waals surface area (Å²) in [7, 11) is 2.17. The number of hydrogen-bond acceptors (Lipinski definition) is 5. The van der Waals surface area contributed by atoms with Gasteiger partial charge < -0.3 is 9.64 Å². The number of hydrogen-bond donors (Lipinski definition) is 1. The number of anilines is 2. The van der Waals surface area contributed by atoms with Gasteiger partial charge in [0.15, 0.2) is 0 Å². The maximum atomic E-state index is 12.6. The average molecular weight is 471 g/mol. The summed E-state index contributed by atoms with van der Waals surface area (Å²) in [5.74, 6) is 1.03. The van der Waals surface area contributed by atoms with Gasteiger partial charge in [-0.25, -0.2) is 4.79 Å². The minimum Gasteiger partial charge on any atom is -0.410 e. The fourth-order valence-electron chi connectivity index (χ4n) is 5.71. The van der Waals surface area contributed by atoms with Crippen LogP contribution < -0.4 is 15.0 Å². The van der Waals surface area contributed by atoms with Gasteiger partial charge in [-0.1, -0.05) is 32.9 Å². The van der Waals surface area contributed by atoms with Gasteiger partial charge in [0, 0.05) is 49.3 Å². The number of benzene rings is 2. The van der Waals surface area contributed by atoms with E-state index in [9.17, 15) is 4.79 Å². The van der Waals surface area contributed by atoms with E-state index in [1.807, 2.05) is 42.7 Å². The Morgan fingerprint density at radius 2 is 1.89 bits per heavy atom. The SMILES string of the molecule is CC(C)c1ccc(NC(=O)Oc2ccc3c(c2)[C@]2(C)CCN(CCc4ccncc4)[C@@H]2N3C)cc1. The van der Waals surface area contributed by atoms with E-state index in [-0.39, 0.29) is 5.41 Å². The van der Waals surface area contributed by atoms with Gasteiger partial charge in [0.2, 0.25) is 0 Å². The van der Waals surface area contributed by atoms with Crippen LogP contribution >= 0.6 is 0 Å². The first-order valence-corrected chi connectivity index (χ1v) is 12.4. The Morgan fingerprint density at radius 1 is 1.14 bits per heavy atom. The lowest BCUT2D eigenvalue weighted by atomic mass is 9.81. The Balaban J connectivity index is 1.27. The van der Waals surface area contributed by atoms with Crippen molar-refractivity contribution in [3.05, 3.63) is 83.7 Å². The molecule has 3 heterocycles. The van der Waals surface area contributed by atoms with Crippen molar-refractivity contribution in [2.45, 2.75) is 51.1 Å². The van der Waals surface area contributed by atoms with E-state index in [1.54, 1.807) is 0 Å². The Morgan fingerprint density at radius 3 is 2.60 bits per heavy atom. The Hall–Kier alpha value is -3.38. The second-order valence-electron chi connectivity index (χ2n) is 10.3. The first kappa shape index (κ1) is 23.4. The number of rotatable bonds is 6.